The van der Waals surface area contributed by atoms with E-state index < -0.39 is 21.7 Å². The fraction of sp³-hybridized carbons (Fsp3) is 0.514. The van der Waals surface area contributed by atoms with E-state index in [1.807, 2.05) is 18.2 Å². The number of fused-ring (bicyclic) bond motifs is 4. The Labute approximate surface area is 276 Å². The lowest BCUT2D eigenvalue weighted by atomic mass is 9.68. The van der Waals surface area contributed by atoms with Crippen LogP contribution in [0.3, 0.4) is 0 Å². The molecule has 2 amide bonds. The monoisotopic (exact) mass is 667 g/mol. The van der Waals surface area contributed by atoms with Crippen molar-refractivity contribution in [2.45, 2.75) is 76.7 Å². The fourth-order valence-electron chi connectivity index (χ4n) is 7.43. The van der Waals surface area contributed by atoms with Crippen molar-refractivity contribution in [2.75, 3.05) is 30.3 Å². The van der Waals surface area contributed by atoms with Crippen molar-refractivity contribution in [3.8, 4) is 5.75 Å². The van der Waals surface area contributed by atoms with Gasteiger partial charge in [-0.05, 0) is 98.4 Å². The van der Waals surface area contributed by atoms with Crippen molar-refractivity contribution in [1.29, 1.82) is 0 Å². The molecule has 1 spiro atoms. The number of esters is 1. The molecule has 6 rings (SSSR count). The number of ether oxygens (including phenoxy) is 2. The molecule has 2 aromatic carbocycles. The first kappa shape index (κ1) is 32.6. The maximum Gasteiger partial charge on any atom is 0.303 e. The predicted octanol–water partition coefficient (Wildman–Crippen LogP) is 6.17. The molecule has 1 saturated carbocycles. The quantitative estimate of drug-likeness (QED) is 0.308. The van der Waals surface area contributed by atoms with E-state index in [0.29, 0.717) is 38.3 Å². The van der Waals surface area contributed by atoms with Gasteiger partial charge in [-0.1, -0.05) is 30.7 Å². The lowest BCUT2D eigenvalue weighted by Crippen LogP contribution is -2.49. The van der Waals surface area contributed by atoms with E-state index >= 15 is 0 Å². The minimum Gasteiger partial charge on any atom is -0.490 e. The summed E-state index contributed by atoms with van der Waals surface area (Å²) >= 11 is 6.42. The summed E-state index contributed by atoms with van der Waals surface area (Å²) < 4.78 is 32.9. The molecule has 46 heavy (non-hydrogen) atoms. The van der Waals surface area contributed by atoms with E-state index in [1.54, 1.807) is 25.1 Å². The number of halogens is 1. The Hall–Kier alpha value is -3.37. The molecule has 0 aromatic heterocycles. The minimum absolute atomic E-state index is 0.0191. The Morgan fingerprint density at radius 2 is 2.04 bits per heavy atom. The number of benzene rings is 2. The van der Waals surface area contributed by atoms with Crippen LogP contribution < -0.4 is 14.4 Å². The normalized spacial score (nSPS) is 29.9. The third-order valence-corrected chi connectivity index (χ3v) is 12.0. The van der Waals surface area contributed by atoms with Crippen LogP contribution in [0.25, 0.3) is 0 Å². The number of carbonyl (C=O) groups excluding carboxylic acids is 3. The molecule has 2 heterocycles. The van der Waals surface area contributed by atoms with Gasteiger partial charge in [-0.3, -0.25) is 19.1 Å². The number of nitrogens with one attached hydrogen (secondary N) is 1. The van der Waals surface area contributed by atoms with E-state index in [9.17, 15) is 18.6 Å². The molecule has 5 atom stereocenters. The molecule has 11 heteroatoms. The number of anilines is 1. The van der Waals surface area contributed by atoms with Crippen LogP contribution in [-0.2, 0) is 36.1 Å². The summed E-state index contributed by atoms with van der Waals surface area (Å²) in [5.41, 5.74) is 3.25. The maximum absolute atomic E-state index is 13.8. The number of hydrogen-bond acceptors (Lipinski definition) is 7. The Bertz CT molecular complexity index is 1680. The van der Waals surface area contributed by atoms with Crippen molar-refractivity contribution in [2.24, 2.45) is 16.2 Å². The van der Waals surface area contributed by atoms with Crippen molar-refractivity contribution in [3.05, 3.63) is 70.3 Å². The average molecular weight is 668 g/mol. The van der Waals surface area contributed by atoms with Gasteiger partial charge < -0.3 is 14.4 Å². The zero-order valence-electron chi connectivity index (χ0n) is 26.5. The number of rotatable bonds is 3. The van der Waals surface area contributed by atoms with E-state index in [2.05, 4.69) is 26.1 Å². The highest BCUT2D eigenvalue weighted by atomic mass is 35.5. The molecular formula is C35H42ClN3O6S. The third-order valence-electron chi connectivity index (χ3n) is 9.88. The Morgan fingerprint density at radius 3 is 2.80 bits per heavy atom. The van der Waals surface area contributed by atoms with Gasteiger partial charge in [-0.25, -0.2) is 4.21 Å². The van der Waals surface area contributed by atoms with E-state index in [4.69, 9.17) is 21.1 Å². The number of nitrogens with zero attached hydrogens (tertiary/aromatic N) is 2. The van der Waals surface area contributed by atoms with E-state index in [-0.39, 0.29) is 47.1 Å². The molecule has 246 valence electrons. The molecule has 0 saturated heterocycles. The first-order valence-electron chi connectivity index (χ1n) is 16.3. The molecule has 1 N–H and O–H groups in total. The molecule has 2 bridgehead atoms. The Kier molecular flexibility index (Phi) is 9.48. The highest BCUT2D eigenvalue weighted by molar-refractivity contribution is 7.92. The molecule has 9 nitrogen and oxygen atoms in total. The van der Waals surface area contributed by atoms with Crippen LogP contribution in [0.5, 0.6) is 5.75 Å². The number of aryl methyl sites for hydroxylation is 1. The SMILES string of the molecule is CCC(=O)N[S@@]1(=O)=NC(=O)c2ccc3c(c2)N(C[C@@H]2CC[C@H]2[C@@H](OC(C)=O)/C=C/CCC1)C[C@@]1(CCCc2cc(Cl)ccc21)CO3. The molecule has 4 aliphatic rings. The number of allylic oxidation sites excluding steroid dienone is 1. The highest BCUT2D eigenvalue weighted by Gasteiger charge is 2.44. The van der Waals surface area contributed by atoms with Gasteiger partial charge in [0.1, 0.15) is 21.8 Å². The summed E-state index contributed by atoms with van der Waals surface area (Å²) in [5.74, 6) is -0.314. The maximum atomic E-state index is 13.8. The number of hydrogen-bond donors (Lipinski definition) is 1. The summed E-state index contributed by atoms with van der Waals surface area (Å²) in [6, 6.07) is 11.4. The second-order valence-electron chi connectivity index (χ2n) is 13.1. The van der Waals surface area contributed by atoms with Crippen LogP contribution >= 0.6 is 11.6 Å². The van der Waals surface area contributed by atoms with Gasteiger partial charge in [0.25, 0.3) is 5.91 Å². The van der Waals surface area contributed by atoms with E-state index in [1.165, 1.54) is 18.1 Å². The lowest BCUT2D eigenvalue weighted by Gasteiger charge is -2.45. The molecule has 1 fully saturated rings. The van der Waals surface area contributed by atoms with Crippen LogP contribution in [0.15, 0.2) is 52.9 Å². The number of carbonyl (C=O) groups is 3. The summed E-state index contributed by atoms with van der Waals surface area (Å²) in [6.07, 6.45) is 9.43. The molecule has 0 unspecified atom stereocenters. The Morgan fingerprint density at radius 1 is 1.20 bits per heavy atom. The average Bonchev–Trinajstić information content (AvgIpc) is 3.15. The van der Waals surface area contributed by atoms with Gasteiger partial charge in [-0.15, -0.1) is 4.36 Å². The standard InChI is InChI=1S/C35H42ClN3O6S/c1-3-33(41)37-46(43)17-6-4-5-9-31(45-23(2)40)28-13-10-26(28)20-39-21-35(16-7-8-24-18-27(36)12-14-29(24)35)22-44-32-15-11-25(19-30(32)39)34(42)38-46/h5,9,11-12,14-15,18-19,26,28,31H,3-4,6-8,10,13,16-17,20-22H2,1-2H3,(H,37,38,41,42,43)/b9-5+/t26-,28+,31-,35-,46+/m0/s1. The van der Waals surface area contributed by atoms with Crippen LogP contribution in [0.4, 0.5) is 5.69 Å². The van der Waals surface area contributed by atoms with Gasteiger partial charge >= 0.3 is 5.97 Å². The number of amides is 2. The summed E-state index contributed by atoms with van der Waals surface area (Å²) in [4.78, 5) is 40.4. The van der Waals surface area contributed by atoms with Gasteiger partial charge in [0, 0.05) is 48.4 Å². The first-order valence-corrected chi connectivity index (χ1v) is 18.4. The van der Waals surface area contributed by atoms with Crippen molar-refractivity contribution >= 4 is 45.0 Å². The largest absolute Gasteiger partial charge is 0.490 e. The minimum atomic E-state index is -3.37. The molecule has 2 aromatic rings. The smallest absolute Gasteiger partial charge is 0.303 e. The van der Waals surface area contributed by atoms with E-state index in [0.717, 1.165) is 42.8 Å². The van der Waals surface area contributed by atoms with Gasteiger partial charge in [0.15, 0.2) is 0 Å². The molecule has 2 aliphatic carbocycles. The zero-order chi connectivity index (χ0) is 32.5. The third kappa shape index (κ3) is 6.83. The fourth-order valence-corrected chi connectivity index (χ4v) is 9.29. The second-order valence-corrected chi connectivity index (χ2v) is 15.6. The highest BCUT2D eigenvalue weighted by Crippen LogP contribution is 2.47. The predicted molar refractivity (Wildman–Crippen MR) is 179 cm³/mol. The van der Waals surface area contributed by atoms with Crippen LogP contribution in [0, 0.1) is 11.8 Å². The van der Waals surface area contributed by atoms with Gasteiger partial charge in [-0.2, -0.15) is 0 Å². The lowest BCUT2D eigenvalue weighted by molar-refractivity contribution is -0.149. The topological polar surface area (TPSA) is 114 Å². The first-order chi connectivity index (χ1) is 22.1. The van der Waals surface area contributed by atoms with Crippen molar-refractivity contribution < 1.29 is 28.1 Å². The second kappa shape index (κ2) is 13.4. The zero-order valence-corrected chi connectivity index (χ0v) is 28.0. The van der Waals surface area contributed by atoms with Crippen molar-refractivity contribution in [3.63, 3.8) is 0 Å². The Balaban J connectivity index is 1.44. The van der Waals surface area contributed by atoms with Gasteiger partial charge in [0.2, 0.25) is 5.91 Å². The van der Waals surface area contributed by atoms with Crippen molar-refractivity contribution in [1.82, 2.24) is 4.72 Å². The summed E-state index contributed by atoms with van der Waals surface area (Å²) in [7, 11) is -3.37. The van der Waals surface area contributed by atoms with Crippen LogP contribution in [0.1, 0.15) is 80.3 Å². The summed E-state index contributed by atoms with van der Waals surface area (Å²) in [6.45, 7) is 4.94. The summed E-state index contributed by atoms with van der Waals surface area (Å²) in [5, 5.41) is 0.721. The molecular weight excluding hydrogens is 626 g/mol. The van der Waals surface area contributed by atoms with Gasteiger partial charge in [0.05, 0.1) is 18.0 Å². The molecule has 0 radical (unpaired) electrons. The van der Waals surface area contributed by atoms with Crippen LogP contribution in [-0.4, -0.2) is 53.5 Å². The van der Waals surface area contributed by atoms with Crippen LogP contribution in [0.2, 0.25) is 5.02 Å². The molecule has 2 aliphatic heterocycles.